The summed E-state index contributed by atoms with van der Waals surface area (Å²) in [5.74, 6) is 1.93. The first kappa shape index (κ1) is 26.1. The van der Waals surface area contributed by atoms with Crippen LogP contribution in [0.25, 0.3) is 54.7 Å². The number of benzene rings is 6. The molecule has 0 N–H and O–H groups in total. The Kier molecular flexibility index (Phi) is 5.67. The van der Waals surface area contributed by atoms with E-state index >= 15 is 0 Å². The van der Waals surface area contributed by atoms with Crippen molar-refractivity contribution in [3.8, 4) is 17.1 Å². The normalized spacial score (nSPS) is 16.7. The molecular weight excluding hydrogens is 576 g/mol. The van der Waals surface area contributed by atoms with Crippen LogP contribution in [0.4, 0.5) is 11.4 Å². The van der Waals surface area contributed by atoms with Gasteiger partial charge in [0.25, 0.3) is 0 Å². The van der Waals surface area contributed by atoms with E-state index in [2.05, 4.69) is 143 Å². The minimum atomic E-state index is -0.121. The van der Waals surface area contributed by atoms with Crippen molar-refractivity contribution in [2.75, 3.05) is 4.90 Å². The number of fused-ring (bicyclic) bond motifs is 10. The number of anilines is 2. The molecule has 0 spiro atoms. The Labute approximate surface area is 271 Å². The molecule has 47 heavy (non-hydrogen) atoms. The number of rotatable bonds is 4. The summed E-state index contributed by atoms with van der Waals surface area (Å²) in [4.78, 5) is 6.77. The summed E-state index contributed by atoms with van der Waals surface area (Å²) in [5.41, 5.74) is 7.14. The number of ether oxygens (including phenoxy) is 1. The lowest BCUT2D eigenvalue weighted by molar-refractivity contribution is 0.270. The molecule has 4 heteroatoms. The van der Waals surface area contributed by atoms with Crippen LogP contribution in [0.3, 0.4) is 0 Å². The monoisotopic (exact) mass is 604 g/mol. The number of nitrogens with zero attached hydrogens (tertiary/aromatic N) is 2. The minimum absolute atomic E-state index is 0.121. The lowest BCUT2D eigenvalue weighted by Crippen LogP contribution is -2.24. The highest BCUT2D eigenvalue weighted by molar-refractivity contribution is 6.13. The van der Waals surface area contributed by atoms with Crippen molar-refractivity contribution in [2.24, 2.45) is 0 Å². The lowest BCUT2D eigenvalue weighted by Gasteiger charge is -2.30. The quantitative estimate of drug-likeness (QED) is 0.187. The molecule has 3 heterocycles. The van der Waals surface area contributed by atoms with Crippen molar-refractivity contribution in [1.82, 2.24) is 4.98 Å². The van der Waals surface area contributed by atoms with Gasteiger partial charge < -0.3 is 14.1 Å². The van der Waals surface area contributed by atoms with E-state index in [-0.39, 0.29) is 12.0 Å². The predicted octanol–water partition coefficient (Wildman–Crippen LogP) is 11.1. The summed E-state index contributed by atoms with van der Waals surface area (Å²) in [6.07, 6.45) is 8.56. The van der Waals surface area contributed by atoms with Gasteiger partial charge in [-0.25, -0.2) is 0 Å². The molecular formula is C43H28N2O2. The zero-order valence-corrected chi connectivity index (χ0v) is 25.4. The zero-order chi connectivity index (χ0) is 30.9. The van der Waals surface area contributed by atoms with Crippen LogP contribution in [-0.4, -0.2) is 11.1 Å². The van der Waals surface area contributed by atoms with Crippen LogP contribution < -0.4 is 9.64 Å². The Balaban J connectivity index is 1.09. The van der Waals surface area contributed by atoms with Gasteiger partial charge in [-0.2, -0.15) is 0 Å². The van der Waals surface area contributed by atoms with Gasteiger partial charge in [0.2, 0.25) is 0 Å². The summed E-state index contributed by atoms with van der Waals surface area (Å²) in [5, 5.41) is 7.34. The topological polar surface area (TPSA) is 38.5 Å². The average molecular weight is 605 g/mol. The highest BCUT2D eigenvalue weighted by Crippen LogP contribution is 2.51. The molecule has 0 fully saturated rings. The summed E-state index contributed by atoms with van der Waals surface area (Å²) >= 11 is 0. The third-order valence-corrected chi connectivity index (χ3v) is 9.62. The largest absolute Gasteiger partial charge is 0.484 e. The highest BCUT2D eigenvalue weighted by Gasteiger charge is 2.37. The summed E-state index contributed by atoms with van der Waals surface area (Å²) in [6.45, 7) is 0. The maximum atomic E-state index is 6.89. The number of aromatic nitrogens is 1. The van der Waals surface area contributed by atoms with Crippen molar-refractivity contribution < 1.29 is 9.15 Å². The fourth-order valence-corrected chi connectivity index (χ4v) is 7.44. The number of hydrogen-bond donors (Lipinski definition) is 0. The molecule has 0 saturated heterocycles. The zero-order valence-electron chi connectivity index (χ0n) is 25.4. The summed E-state index contributed by atoms with van der Waals surface area (Å²) in [7, 11) is 0. The van der Waals surface area contributed by atoms with Crippen molar-refractivity contribution in [3.63, 3.8) is 0 Å². The SMILES string of the molecule is C1=CC2c3c(c4ccccc4c4ccccc34)OC2C=C1N(c1ccc(-c2cc3ncccc3o2)cc1)c1ccc2ccccc2c1. The second kappa shape index (κ2) is 10.2. The Morgan fingerprint density at radius 2 is 1.34 bits per heavy atom. The van der Waals surface area contributed by atoms with Crippen LogP contribution >= 0.6 is 0 Å². The van der Waals surface area contributed by atoms with Gasteiger partial charge in [0.1, 0.15) is 23.1 Å². The molecule has 8 aromatic rings. The average Bonchev–Trinajstić information content (AvgIpc) is 3.74. The van der Waals surface area contributed by atoms with Crippen LogP contribution in [0.1, 0.15) is 11.5 Å². The lowest BCUT2D eigenvalue weighted by atomic mass is 9.85. The molecule has 2 aliphatic rings. The van der Waals surface area contributed by atoms with E-state index in [0.717, 1.165) is 45.2 Å². The number of hydrogen-bond acceptors (Lipinski definition) is 4. The van der Waals surface area contributed by atoms with Crippen molar-refractivity contribution >= 4 is 54.8 Å². The highest BCUT2D eigenvalue weighted by atomic mass is 16.5. The molecule has 0 radical (unpaired) electrons. The van der Waals surface area contributed by atoms with Crippen LogP contribution in [0.5, 0.6) is 5.75 Å². The minimum Gasteiger partial charge on any atom is -0.484 e. The molecule has 0 amide bonds. The molecule has 6 aromatic carbocycles. The molecule has 222 valence electrons. The first-order chi connectivity index (χ1) is 23.3. The smallest absolute Gasteiger partial charge is 0.153 e. The van der Waals surface area contributed by atoms with E-state index in [0.29, 0.717) is 0 Å². The standard InChI is InChI=1S/C43H28N2O2/c1-2-9-29-24-31(20-15-27(29)8-1)45(30-18-16-28(17-19-30)40-26-38-39(46-40)14-7-23-44-38)32-21-22-37-41(25-32)47-43-36-13-6-4-11-34(36)33-10-3-5-12-35(33)42(37)43/h1-26,37,41H. The number of furan rings is 1. The fourth-order valence-electron chi connectivity index (χ4n) is 7.44. The maximum Gasteiger partial charge on any atom is 0.153 e. The van der Waals surface area contributed by atoms with E-state index in [1.54, 1.807) is 6.20 Å². The van der Waals surface area contributed by atoms with Gasteiger partial charge in [0.15, 0.2) is 5.58 Å². The van der Waals surface area contributed by atoms with Gasteiger partial charge in [0.05, 0.1) is 0 Å². The molecule has 0 bridgehead atoms. The van der Waals surface area contributed by atoms with Gasteiger partial charge in [0, 0.05) is 51.8 Å². The van der Waals surface area contributed by atoms with Gasteiger partial charge in [-0.15, -0.1) is 0 Å². The molecule has 2 atom stereocenters. The summed E-state index contributed by atoms with van der Waals surface area (Å²) < 4.78 is 13.0. The van der Waals surface area contributed by atoms with E-state index in [1.165, 1.54) is 37.9 Å². The fraction of sp³-hybridized carbons (Fsp3) is 0.0465. The van der Waals surface area contributed by atoms with E-state index in [4.69, 9.17) is 9.15 Å². The maximum absolute atomic E-state index is 6.89. The molecule has 4 nitrogen and oxygen atoms in total. The number of allylic oxidation sites excluding steroid dienone is 1. The molecule has 1 aliphatic heterocycles. The second-order valence-electron chi connectivity index (χ2n) is 12.3. The molecule has 10 rings (SSSR count). The van der Waals surface area contributed by atoms with Gasteiger partial charge >= 0.3 is 0 Å². The van der Waals surface area contributed by atoms with E-state index < -0.39 is 0 Å². The van der Waals surface area contributed by atoms with Crippen molar-refractivity contribution in [1.29, 1.82) is 0 Å². The van der Waals surface area contributed by atoms with Crippen LogP contribution in [-0.2, 0) is 0 Å². The second-order valence-corrected chi connectivity index (χ2v) is 12.3. The molecule has 2 aromatic heterocycles. The third-order valence-electron chi connectivity index (χ3n) is 9.62. The van der Waals surface area contributed by atoms with Gasteiger partial charge in [-0.05, 0) is 87.6 Å². The van der Waals surface area contributed by atoms with Crippen LogP contribution in [0.15, 0.2) is 168 Å². The summed E-state index contributed by atoms with van der Waals surface area (Å²) in [6, 6.07) is 46.9. The van der Waals surface area contributed by atoms with E-state index in [1.807, 2.05) is 18.2 Å². The van der Waals surface area contributed by atoms with Crippen LogP contribution in [0, 0.1) is 0 Å². The first-order valence-corrected chi connectivity index (χ1v) is 16.0. The number of pyridine rings is 1. The van der Waals surface area contributed by atoms with E-state index in [9.17, 15) is 0 Å². The Bertz CT molecular complexity index is 2540. The van der Waals surface area contributed by atoms with Crippen molar-refractivity contribution in [3.05, 3.63) is 169 Å². The third kappa shape index (κ3) is 4.12. The predicted molar refractivity (Wildman–Crippen MR) is 191 cm³/mol. The van der Waals surface area contributed by atoms with Crippen LogP contribution in [0.2, 0.25) is 0 Å². The molecule has 1 aliphatic carbocycles. The Morgan fingerprint density at radius 3 is 2.17 bits per heavy atom. The molecule has 0 saturated carbocycles. The Morgan fingerprint density at radius 1 is 0.617 bits per heavy atom. The Hall–Kier alpha value is -6.13. The first-order valence-electron chi connectivity index (χ1n) is 16.0. The van der Waals surface area contributed by atoms with Gasteiger partial charge in [-0.3, -0.25) is 4.98 Å². The van der Waals surface area contributed by atoms with Gasteiger partial charge in [-0.1, -0.05) is 84.9 Å². The molecule has 2 unspecified atom stereocenters. The van der Waals surface area contributed by atoms with Crippen molar-refractivity contribution in [2.45, 2.75) is 12.0 Å².